The number of fused-ring (bicyclic) bond motifs is 1. The van der Waals surface area contributed by atoms with Gasteiger partial charge in [-0.3, -0.25) is 0 Å². The third-order valence-corrected chi connectivity index (χ3v) is 5.63. The Morgan fingerprint density at radius 1 is 1.04 bits per heavy atom. The number of rotatable bonds is 2. The van der Waals surface area contributed by atoms with Crippen molar-refractivity contribution in [3.63, 3.8) is 0 Å². The lowest BCUT2D eigenvalue weighted by Crippen LogP contribution is -2.41. The van der Waals surface area contributed by atoms with Crippen LogP contribution in [0, 0.1) is 5.92 Å². The normalized spacial score (nSPS) is 24.3. The molecule has 1 fully saturated rings. The average molecular weight is 350 g/mol. The van der Waals surface area contributed by atoms with E-state index in [1.807, 2.05) is 13.8 Å². The monoisotopic (exact) mass is 350 g/mol. The number of nitrogens with two attached hydrogens (primary N) is 1. The van der Waals surface area contributed by atoms with Crippen molar-refractivity contribution in [2.45, 2.75) is 58.0 Å². The molecular weight excluding hydrogens is 324 g/mol. The zero-order chi connectivity index (χ0) is 18.3. The van der Waals surface area contributed by atoms with Crippen molar-refractivity contribution in [3.05, 3.63) is 41.7 Å². The highest BCUT2D eigenvalue weighted by atomic mass is 16.5. The molecule has 26 heavy (non-hydrogen) atoms. The summed E-state index contributed by atoms with van der Waals surface area (Å²) in [6.07, 6.45) is 6.64. The van der Waals surface area contributed by atoms with Gasteiger partial charge in [-0.1, -0.05) is 44.0 Å². The van der Waals surface area contributed by atoms with Gasteiger partial charge in [0.25, 0.3) is 0 Å². The first-order valence-electron chi connectivity index (χ1n) is 9.43. The number of aliphatic imine (C=N–C) groups is 1. The highest BCUT2D eigenvalue weighted by Crippen LogP contribution is 2.39. The summed E-state index contributed by atoms with van der Waals surface area (Å²) in [7, 11) is 0. The summed E-state index contributed by atoms with van der Waals surface area (Å²) in [6, 6.07) is 8.80. The van der Waals surface area contributed by atoms with E-state index in [0.29, 0.717) is 23.3 Å². The zero-order valence-corrected chi connectivity index (χ0v) is 15.7. The number of aromatic nitrogens is 2. The van der Waals surface area contributed by atoms with Gasteiger partial charge in [-0.2, -0.15) is 4.98 Å². The molecule has 5 nitrogen and oxygen atoms in total. The first-order chi connectivity index (χ1) is 12.4. The van der Waals surface area contributed by atoms with Gasteiger partial charge in [0.1, 0.15) is 11.9 Å². The van der Waals surface area contributed by atoms with Crippen molar-refractivity contribution < 1.29 is 4.74 Å². The van der Waals surface area contributed by atoms with Gasteiger partial charge < -0.3 is 10.5 Å². The van der Waals surface area contributed by atoms with E-state index in [1.54, 1.807) is 0 Å². The first kappa shape index (κ1) is 17.0. The first-order valence-corrected chi connectivity index (χ1v) is 9.43. The van der Waals surface area contributed by atoms with Crippen LogP contribution in [0.2, 0.25) is 0 Å². The van der Waals surface area contributed by atoms with E-state index in [1.165, 1.54) is 37.6 Å². The van der Waals surface area contributed by atoms with Crippen molar-refractivity contribution in [1.29, 1.82) is 0 Å². The molecule has 0 spiro atoms. The molecule has 0 amide bonds. The van der Waals surface area contributed by atoms with E-state index in [4.69, 9.17) is 15.5 Å². The predicted octanol–water partition coefficient (Wildman–Crippen LogP) is 4.64. The summed E-state index contributed by atoms with van der Waals surface area (Å²) >= 11 is 0. The maximum atomic E-state index is 6.06. The fraction of sp³-hybridized carbons (Fsp3) is 0.476. The lowest BCUT2D eigenvalue weighted by molar-refractivity contribution is 0.171. The van der Waals surface area contributed by atoms with E-state index < -0.39 is 5.60 Å². The molecule has 1 aliphatic heterocycles. The third-order valence-electron chi connectivity index (χ3n) is 5.63. The molecule has 0 radical (unpaired) electrons. The zero-order valence-electron chi connectivity index (χ0n) is 15.7. The second-order valence-corrected chi connectivity index (χ2v) is 8.06. The molecule has 2 N–H and O–H groups in total. The molecule has 1 saturated carbocycles. The summed E-state index contributed by atoms with van der Waals surface area (Å²) in [5.41, 5.74) is 9.25. The minimum Gasteiger partial charge on any atom is -0.463 e. The van der Waals surface area contributed by atoms with Crippen LogP contribution in [-0.2, 0) is 0 Å². The molecule has 4 rings (SSSR count). The minimum atomic E-state index is -0.574. The molecule has 2 heterocycles. The Morgan fingerprint density at radius 3 is 2.42 bits per heavy atom. The summed E-state index contributed by atoms with van der Waals surface area (Å²) < 4.78 is 6.06. The van der Waals surface area contributed by atoms with Gasteiger partial charge >= 0.3 is 0 Å². The van der Waals surface area contributed by atoms with E-state index in [0.717, 1.165) is 17.2 Å². The maximum absolute atomic E-state index is 6.06. The van der Waals surface area contributed by atoms with Gasteiger partial charge in [0, 0.05) is 5.56 Å². The highest BCUT2D eigenvalue weighted by molar-refractivity contribution is 6.09. The third kappa shape index (κ3) is 3.06. The quantitative estimate of drug-likeness (QED) is 0.856. The topological polar surface area (TPSA) is 73.4 Å². The number of hydrogen-bond acceptors (Lipinski definition) is 5. The number of nitrogens with zero attached hydrogens (tertiary/aromatic N) is 3. The van der Waals surface area contributed by atoms with Crippen LogP contribution in [0.4, 0.5) is 11.5 Å². The predicted molar refractivity (Wildman–Crippen MR) is 104 cm³/mol. The molecule has 1 aromatic carbocycles. The molecule has 0 saturated heterocycles. The van der Waals surface area contributed by atoms with Crippen LogP contribution in [0.15, 0.2) is 35.6 Å². The molecule has 0 unspecified atom stereocenters. The average Bonchev–Trinajstić information content (AvgIpc) is 2.62. The second-order valence-electron chi connectivity index (χ2n) is 8.06. The van der Waals surface area contributed by atoms with E-state index in [2.05, 4.69) is 41.2 Å². The highest BCUT2D eigenvalue weighted by Gasteiger charge is 2.35. The van der Waals surface area contributed by atoms with E-state index in [-0.39, 0.29) is 0 Å². The van der Waals surface area contributed by atoms with Crippen molar-refractivity contribution >= 4 is 17.2 Å². The van der Waals surface area contributed by atoms with Gasteiger partial charge in [-0.05, 0) is 44.1 Å². The smallest absolute Gasteiger partial charge is 0.246 e. The summed E-state index contributed by atoms with van der Waals surface area (Å²) in [5, 5.41) is 0. The Hall–Kier alpha value is -2.43. The van der Waals surface area contributed by atoms with Crippen LogP contribution in [-0.4, -0.2) is 21.3 Å². The fourth-order valence-corrected chi connectivity index (χ4v) is 4.01. The van der Waals surface area contributed by atoms with Crippen LogP contribution in [0.3, 0.4) is 0 Å². The van der Waals surface area contributed by atoms with Gasteiger partial charge in [0.05, 0.1) is 5.71 Å². The summed E-state index contributed by atoms with van der Waals surface area (Å²) in [5.74, 6) is 2.34. The lowest BCUT2D eigenvalue weighted by atomic mass is 9.79. The number of anilines is 1. The molecule has 2 aromatic rings. The largest absolute Gasteiger partial charge is 0.463 e. The minimum absolute atomic E-state index is 0.343. The Labute approximate surface area is 154 Å². The summed E-state index contributed by atoms with van der Waals surface area (Å²) in [4.78, 5) is 13.0. The number of benzene rings is 1. The Bertz CT molecular complexity index is 834. The second kappa shape index (κ2) is 6.38. The molecular formula is C21H26N4O. The molecule has 1 aliphatic carbocycles. The van der Waals surface area contributed by atoms with Gasteiger partial charge in [-0.25, -0.2) is 9.98 Å². The van der Waals surface area contributed by atoms with Crippen LogP contribution in [0.5, 0.6) is 5.88 Å². The Kier molecular flexibility index (Phi) is 4.17. The molecule has 136 valence electrons. The standard InChI is InChI=1S/C21H26N4O/c1-13-4-6-14(7-5-13)15-8-10-16(11-9-15)18-21(2,3)26-20-17(25-18)19(22)23-12-24-20/h8-14H,4-7H2,1-3H3,(H2,22,23,24). The fourth-order valence-electron chi connectivity index (χ4n) is 4.01. The van der Waals surface area contributed by atoms with Gasteiger partial charge in [-0.15, -0.1) is 0 Å². The number of ether oxygens (including phenoxy) is 1. The maximum Gasteiger partial charge on any atom is 0.246 e. The van der Waals surface area contributed by atoms with Crippen molar-refractivity contribution in [2.24, 2.45) is 10.9 Å². The van der Waals surface area contributed by atoms with E-state index >= 15 is 0 Å². The molecule has 0 atom stereocenters. The van der Waals surface area contributed by atoms with Gasteiger partial charge in [0.2, 0.25) is 5.88 Å². The molecule has 2 aliphatic rings. The van der Waals surface area contributed by atoms with E-state index in [9.17, 15) is 0 Å². The van der Waals surface area contributed by atoms with Crippen molar-refractivity contribution in [2.75, 3.05) is 5.73 Å². The van der Waals surface area contributed by atoms with Crippen LogP contribution in [0.25, 0.3) is 0 Å². The Morgan fingerprint density at radius 2 is 1.73 bits per heavy atom. The van der Waals surface area contributed by atoms with Crippen LogP contribution >= 0.6 is 0 Å². The SMILES string of the molecule is CC1CCC(c2ccc(C3=Nc4c(N)ncnc4OC3(C)C)cc2)CC1. The summed E-state index contributed by atoms with van der Waals surface area (Å²) in [6.45, 7) is 6.36. The molecule has 0 bridgehead atoms. The number of nitrogen functional groups attached to an aromatic ring is 1. The Balaban J connectivity index is 1.65. The number of hydrogen-bond donors (Lipinski definition) is 1. The van der Waals surface area contributed by atoms with Crippen LogP contribution in [0.1, 0.15) is 63.5 Å². The van der Waals surface area contributed by atoms with Crippen LogP contribution < -0.4 is 10.5 Å². The van der Waals surface area contributed by atoms with Gasteiger partial charge in [0.15, 0.2) is 11.5 Å². The van der Waals surface area contributed by atoms with Crippen molar-refractivity contribution in [1.82, 2.24) is 9.97 Å². The molecule has 1 aromatic heterocycles. The molecule has 5 heteroatoms. The van der Waals surface area contributed by atoms with Crippen molar-refractivity contribution in [3.8, 4) is 5.88 Å². The lowest BCUT2D eigenvalue weighted by Gasteiger charge is -2.32.